The average molecular weight is 130 g/mol. The Morgan fingerprint density at radius 1 is 1.50 bits per heavy atom. The molecule has 1 heterocycles. The van der Waals surface area contributed by atoms with Gasteiger partial charge in [0.15, 0.2) is 0 Å². The summed E-state index contributed by atoms with van der Waals surface area (Å²) in [5.41, 5.74) is 2.16. The van der Waals surface area contributed by atoms with Crippen LogP contribution >= 0.6 is 11.6 Å². The second kappa shape index (κ2) is 1.82. The highest BCUT2D eigenvalue weighted by molar-refractivity contribution is 6.31. The molecule has 0 aliphatic rings. The van der Waals surface area contributed by atoms with E-state index in [1.165, 1.54) is 0 Å². The van der Waals surface area contributed by atoms with Gasteiger partial charge in [-0.2, -0.15) is 0 Å². The van der Waals surface area contributed by atoms with Gasteiger partial charge in [0.05, 0.1) is 5.02 Å². The molecule has 1 N–H and O–H groups in total. The fourth-order valence-corrected chi connectivity index (χ4v) is 0.901. The standard InChI is InChI=1S/C6H8ClN/c1-4-3-6(7)5(2)8-4/h3,8H,1-2H3. The third kappa shape index (κ3) is 0.869. The van der Waals surface area contributed by atoms with Crippen LogP contribution in [0.1, 0.15) is 11.4 Å². The van der Waals surface area contributed by atoms with E-state index in [4.69, 9.17) is 11.6 Å². The van der Waals surface area contributed by atoms with E-state index in [0.29, 0.717) is 0 Å². The Bertz CT molecular complexity index is 171. The fraction of sp³-hybridized carbons (Fsp3) is 0.333. The van der Waals surface area contributed by atoms with Gasteiger partial charge in [0.25, 0.3) is 0 Å². The van der Waals surface area contributed by atoms with Crippen LogP contribution in [0.25, 0.3) is 0 Å². The van der Waals surface area contributed by atoms with Gasteiger partial charge in [-0.1, -0.05) is 11.6 Å². The number of hydrogen-bond donors (Lipinski definition) is 1. The van der Waals surface area contributed by atoms with Crippen molar-refractivity contribution in [1.82, 2.24) is 4.98 Å². The van der Waals surface area contributed by atoms with Gasteiger partial charge in [0.1, 0.15) is 0 Å². The largest absolute Gasteiger partial charge is 0.361 e. The smallest absolute Gasteiger partial charge is 0.0612 e. The van der Waals surface area contributed by atoms with E-state index < -0.39 is 0 Å². The predicted octanol–water partition coefficient (Wildman–Crippen LogP) is 2.28. The summed E-state index contributed by atoms with van der Waals surface area (Å²) >= 11 is 5.70. The lowest BCUT2D eigenvalue weighted by atomic mass is 10.5. The van der Waals surface area contributed by atoms with E-state index in [1.54, 1.807) is 0 Å². The van der Waals surface area contributed by atoms with Gasteiger partial charge in [-0.15, -0.1) is 0 Å². The van der Waals surface area contributed by atoms with Crippen molar-refractivity contribution in [3.05, 3.63) is 22.5 Å². The molecular formula is C6H8ClN. The monoisotopic (exact) mass is 129 g/mol. The first-order valence-electron chi connectivity index (χ1n) is 2.52. The molecule has 0 radical (unpaired) electrons. The van der Waals surface area contributed by atoms with Crippen molar-refractivity contribution in [3.63, 3.8) is 0 Å². The molecule has 1 aromatic rings. The van der Waals surface area contributed by atoms with Crippen LogP contribution in [0, 0.1) is 13.8 Å². The fourth-order valence-electron chi connectivity index (χ4n) is 0.690. The van der Waals surface area contributed by atoms with Crippen molar-refractivity contribution in [1.29, 1.82) is 0 Å². The number of aryl methyl sites for hydroxylation is 2. The number of aromatic amines is 1. The Balaban J connectivity index is 3.14. The number of hydrogen-bond acceptors (Lipinski definition) is 0. The average Bonchev–Trinajstić information content (AvgIpc) is 1.85. The third-order valence-corrected chi connectivity index (χ3v) is 1.48. The van der Waals surface area contributed by atoms with E-state index in [2.05, 4.69) is 4.98 Å². The summed E-state index contributed by atoms with van der Waals surface area (Å²) in [5.74, 6) is 0. The zero-order valence-corrected chi connectivity index (χ0v) is 5.71. The minimum atomic E-state index is 0.822. The normalized spacial score (nSPS) is 9.88. The number of aromatic nitrogens is 1. The van der Waals surface area contributed by atoms with E-state index in [-0.39, 0.29) is 0 Å². The molecular weight excluding hydrogens is 122 g/mol. The molecule has 0 aliphatic carbocycles. The van der Waals surface area contributed by atoms with Crippen molar-refractivity contribution < 1.29 is 0 Å². The van der Waals surface area contributed by atoms with Gasteiger partial charge in [0, 0.05) is 11.4 Å². The Morgan fingerprint density at radius 2 is 2.12 bits per heavy atom. The highest BCUT2D eigenvalue weighted by Crippen LogP contribution is 2.14. The summed E-state index contributed by atoms with van der Waals surface area (Å²) in [5, 5.41) is 0.822. The summed E-state index contributed by atoms with van der Waals surface area (Å²) in [7, 11) is 0. The molecule has 0 unspecified atom stereocenters. The lowest BCUT2D eigenvalue weighted by Crippen LogP contribution is -1.68. The van der Waals surface area contributed by atoms with Gasteiger partial charge in [0.2, 0.25) is 0 Å². The van der Waals surface area contributed by atoms with Crippen LogP contribution in [-0.4, -0.2) is 4.98 Å². The lowest BCUT2D eigenvalue weighted by Gasteiger charge is -1.80. The molecule has 1 aromatic heterocycles. The molecule has 0 amide bonds. The van der Waals surface area contributed by atoms with Gasteiger partial charge in [-0.25, -0.2) is 0 Å². The van der Waals surface area contributed by atoms with Gasteiger partial charge >= 0.3 is 0 Å². The number of halogens is 1. The number of H-pyrrole nitrogens is 1. The van der Waals surface area contributed by atoms with Crippen molar-refractivity contribution in [2.45, 2.75) is 13.8 Å². The van der Waals surface area contributed by atoms with Crippen LogP contribution in [-0.2, 0) is 0 Å². The quantitative estimate of drug-likeness (QED) is 0.553. The Labute approximate surface area is 53.7 Å². The molecule has 0 aliphatic heterocycles. The summed E-state index contributed by atoms with van der Waals surface area (Å²) in [6, 6.07) is 1.91. The Hall–Kier alpha value is -0.430. The first kappa shape index (κ1) is 5.70. The summed E-state index contributed by atoms with van der Waals surface area (Å²) in [4.78, 5) is 3.08. The molecule has 44 valence electrons. The van der Waals surface area contributed by atoms with Crippen molar-refractivity contribution in [2.75, 3.05) is 0 Å². The van der Waals surface area contributed by atoms with E-state index in [0.717, 1.165) is 16.4 Å². The molecule has 0 atom stereocenters. The molecule has 1 nitrogen and oxygen atoms in total. The molecule has 0 saturated heterocycles. The number of nitrogens with one attached hydrogen (secondary N) is 1. The first-order valence-corrected chi connectivity index (χ1v) is 2.89. The maximum absolute atomic E-state index is 5.70. The highest BCUT2D eigenvalue weighted by Gasteiger charge is 1.94. The molecule has 0 saturated carbocycles. The highest BCUT2D eigenvalue weighted by atomic mass is 35.5. The van der Waals surface area contributed by atoms with Crippen LogP contribution in [0.5, 0.6) is 0 Å². The molecule has 0 bridgehead atoms. The summed E-state index contributed by atoms with van der Waals surface area (Å²) in [6.07, 6.45) is 0. The van der Waals surface area contributed by atoms with Gasteiger partial charge in [-0.3, -0.25) is 0 Å². The van der Waals surface area contributed by atoms with Crippen LogP contribution in [0.3, 0.4) is 0 Å². The molecule has 8 heavy (non-hydrogen) atoms. The SMILES string of the molecule is Cc1cc(Cl)c(C)[nH]1. The van der Waals surface area contributed by atoms with Crippen molar-refractivity contribution in [3.8, 4) is 0 Å². The molecule has 0 spiro atoms. The maximum atomic E-state index is 5.70. The van der Waals surface area contributed by atoms with Crippen molar-refractivity contribution >= 4 is 11.6 Å². The van der Waals surface area contributed by atoms with Crippen LogP contribution in [0.15, 0.2) is 6.07 Å². The molecule has 0 fully saturated rings. The third-order valence-electron chi connectivity index (χ3n) is 1.09. The Morgan fingerprint density at radius 3 is 2.25 bits per heavy atom. The van der Waals surface area contributed by atoms with E-state index >= 15 is 0 Å². The van der Waals surface area contributed by atoms with Crippen molar-refractivity contribution in [2.24, 2.45) is 0 Å². The van der Waals surface area contributed by atoms with Gasteiger partial charge < -0.3 is 4.98 Å². The van der Waals surface area contributed by atoms with Crippen LogP contribution in [0.2, 0.25) is 5.02 Å². The second-order valence-electron chi connectivity index (χ2n) is 1.93. The maximum Gasteiger partial charge on any atom is 0.0612 e. The van der Waals surface area contributed by atoms with E-state index in [1.807, 2.05) is 19.9 Å². The summed E-state index contributed by atoms with van der Waals surface area (Å²) in [6.45, 7) is 3.94. The minimum Gasteiger partial charge on any atom is -0.361 e. The second-order valence-corrected chi connectivity index (χ2v) is 2.33. The molecule has 2 heteroatoms. The van der Waals surface area contributed by atoms with Crippen LogP contribution < -0.4 is 0 Å². The van der Waals surface area contributed by atoms with Crippen LogP contribution in [0.4, 0.5) is 0 Å². The first-order chi connectivity index (χ1) is 3.70. The lowest BCUT2D eigenvalue weighted by molar-refractivity contribution is 1.19. The predicted molar refractivity (Wildman–Crippen MR) is 35.3 cm³/mol. The Kier molecular flexibility index (Phi) is 1.30. The van der Waals surface area contributed by atoms with Gasteiger partial charge in [-0.05, 0) is 19.9 Å². The number of rotatable bonds is 0. The molecule has 0 aromatic carbocycles. The van der Waals surface area contributed by atoms with E-state index in [9.17, 15) is 0 Å². The minimum absolute atomic E-state index is 0.822. The summed E-state index contributed by atoms with van der Waals surface area (Å²) < 4.78 is 0. The zero-order chi connectivity index (χ0) is 6.15. The topological polar surface area (TPSA) is 15.8 Å². The zero-order valence-electron chi connectivity index (χ0n) is 4.96. The molecule has 1 rings (SSSR count).